The van der Waals surface area contributed by atoms with Gasteiger partial charge in [0.2, 0.25) is 0 Å². The van der Waals surface area contributed by atoms with Gasteiger partial charge in [0.05, 0.1) is 0 Å². The van der Waals surface area contributed by atoms with Gasteiger partial charge in [0, 0.05) is 16.7 Å². The van der Waals surface area contributed by atoms with E-state index in [-0.39, 0.29) is 11.5 Å². The molecule has 0 radical (unpaired) electrons. The summed E-state index contributed by atoms with van der Waals surface area (Å²) >= 11 is 0. The third-order valence-corrected chi connectivity index (χ3v) is 7.28. The van der Waals surface area contributed by atoms with Gasteiger partial charge < -0.3 is 0 Å². The molecule has 0 spiro atoms. The molecule has 0 N–H and O–H groups in total. The fourth-order valence-electron chi connectivity index (χ4n) is 5.22. The minimum absolute atomic E-state index is 0.136. The second-order valence-electron chi connectivity index (χ2n) is 9.59. The summed E-state index contributed by atoms with van der Waals surface area (Å²) in [4.78, 5) is 0. The lowest BCUT2D eigenvalue weighted by Crippen LogP contribution is -2.15. The van der Waals surface area contributed by atoms with E-state index in [2.05, 4.69) is 6.92 Å². The summed E-state index contributed by atoms with van der Waals surface area (Å²) in [5, 5.41) is 0. The van der Waals surface area contributed by atoms with E-state index in [9.17, 15) is 22.0 Å². The van der Waals surface area contributed by atoms with Gasteiger partial charge in [-0.05, 0) is 60.8 Å². The van der Waals surface area contributed by atoms with Crippen LogP contribution in [0.1, 0.15) is 69.8 Å². The van der Waals surface area contributed by atoms with Crippen molar-refractivity contribution in [3.8, 4) is 22.3 Å². The van der Waals surface area contributed by atoms with Crippen LogP contribution in [0, 0.1) is 46.6 Å². The van der Waals surface area contributed by atoms with Crippen LogP contribution < -0.4 is 0 Å². The normalized spacial score (nSPS) is 18.0. The Bertz CT molecular complexity index is 1220. The van der Waals surface area contributed by atoms with Crippen LogP contribution in [0.15, 0.2) is 36.4 Å². The monoisotopic (exact) mass is 508 g/mol. The second-order valence-corrected chi connectivity index (χ2v) is 9.59. The molecule has 1 aliphatic carbocycles. The molecule has 0 amide bonds. The molecule has 0 heterocycles. The lowest BCUT2D eigenvalue weighted by molar-refractivity contribution is 0.298. The summed E-state index contributed by atoms with van der Waals surface area (Å²) in [6.45, 7) is 2.15. The highest BCUT2D eigenvalue weighted by Gasteiger charge is 2.28. The SMILES string of the molecule is CCCCCC1CCC(c2ccc(-c3ccc(-c4cc(F)c(F)c(F)c4)c(F)c3F)c(F)c2F)CC1. The highest BCUT2D eigenvalue weighted by molar-refractivity contribution is 5.72. The zero-order chi connectivity index (χ0) is 26.0. The predicted molar refractivity (Wildman–Crippen MR) is 126 cm³/mol. The molecule has 0 bridgehead atoms. The maximum Gasteiger partial charge on any atom is 0.194 e. The van der Waals surface area contributed by atoms with Crippen LogP contribution >= 0.6 is 0 Å². The topological polar surface area (TPSA) is 0 Å². The van der Waals surface area contributed by atoms with Gasteiger partial charge in [-0.25, -0.2) is 30.7 Å². The predicted octanol–water partition coefficient (Wildman–Crippen LogP) is 9.85. The maximum atomic E-state index is 15.1. The van der Waals surface area contributed by atoms with Crippen molar-refractivity contribution >= 4 is 0 Å². The quantitative estimate of drug-likeness (QED) is 0.169. The first kappa shape index (κ1) is 26.2. The molecule has 0 saturated heterocycles. The number of unbranched alkanes of at least 4 members (excludes halogenated alkanes) is 2. The Hall–Kier alpha value is -2.83. The smallest absolute Gasteiger partial charge is 0.194 e. The third kappa shape index (κ3) is 5.16. The van der Waals surface area contributed by atoms with Crippen molar-refractivity contribution in [2.75, 3.05) is 0 Å². The van der Waals surface area contributed by atoms with E-state index in [0.29, 0.717) is 18.1 Å². The van der Waals surface area contributed by atoms with Crippen LogP contribution in [0.2, 0.25) is 0 Å². The van der Waals surface area contributed by atoms with Crippen molar-refractivity contribution in [3.05, 3.63) is 82.7 Å². The molecule has 1 fully saturated rings. The second kappa shape index (κ2) is 11.1. The van der Waals surface area contributed by atoms with Crippen LogP contribution in [0.5, 0.6) is 0 Å². The zero-order valence-corrected chi connectivity index (χ0v) is 19.9. The minimum atomic E-state index is -1.74. The molecule has 0 aromatic heterocycles. The fraction of sp³-hybridized carbons (Fsp3) is 0.379. The van der Waals surface area contributed by atoms with Crippen molar-refractivity contribution in [1.29, 1.82) is 0 Å². The molecule has 4 rings (SSSR count). The van der Waals surface area contributed by atoms with Crippen LogP contribution in [0.3, 0.4) is 0 Å². The Kier molecular flexibility index (Phi) is 8.06. The molecule has 7 heteroatoms. The Balaban J connectivity index is 1.59. The summed E-state index contributed by atoms with van der Waals surface area (Å²) < 4.78 is 100. The van der Waals surface area contributed by atoms with Crippen molar-refractivity contribution in [1.82, 2.24) is 0 Å². The molecule has 1 saturated carbocycles. The molecule has 192 valence electrons. The van der Waals surface area contributed by atoms with E-state index in [0.717, 1.165) is 50.7 Å². The fourth-order valence-corrected chi connectivity index (χ4v) is 5.22. The maximum absolute atomic E-state index is 15.1. The zero-order valence-electron chi connectivity index (χ0n) is 19.9. The summed E-state index contributed by atoms with van der Waals surface area (Å²) in [7, 11) is 0. The largest absolute Gasteiger partial charge is 0.204 e. The van der Waals surface area contributed by atoms with Crippen molar-refractivity contribution in [2.24, 2.45) is 5.92 Å². The van der Waals surface area contributed by atoms with Crippen molar-refractivity contribution in [2.45, 2.75) is 64.2 Å². The molecule has 0 nitrogen and oxygen atoms in total. The third-order valence-electron chi connectivity index (χ3n) is 7.28. The number of hydrogen-bond acceptors (Lipinski definition) is 0. The van der Waals surface area contributed by atoms with E-state index >= 15 is 8.78 Å². The first-order chi connectivity index (χ1) is 17.2. The first-order valence-electron chi connectivity index (χ1n) is 12.3. The Morgan fingerprint density at radius 2 is 1.14 bits per heavy atom. The minimum Gasteiger partial charge on any atom is -0.204 e. The highest BCUT2D eigenvalue weighted by atomic mass is 19.2. The standard InChI is InChI=1S/C29H27F7/c1-2-3-4-5-16-6-8-17(9-7-16)19-10-12-21(27(34)25(19)32)22-13-11-20(26(33)28(22)35)18-14-23(30)29(36)24(31)15-18/h10-17H,2-9H2,1H3. The van der Waals surface area contributed by atoms with Crippen LogP contribution in [-0.2, 0) is 0 Å². The Morgan fingerprint density at radius 3 is 1.75 bits per heavy atom. The first-order valence-corrected chi connectivity index (χ1v) is 12.3. The van der Waals surface area contributed by atoms with E-state index in [1.807, 2.05) is 0 Å². The Labute approximate surface area is 206 Å². The number of rotatable bonds is 7. The molecule has 36 heavy (non-hydrogen) atoms. The summed E-state index contributed by atoms with van der Waals surface area (Å²) in [5.41, 5.74) is -1.72. The summed E-state index contributed by atoms with van der Waals surface area (Å²) in [6, 6.07) is 5.71. The molecular weight excluding hydrogens is 481 g/mol. The average Bonchev–Trinajstić information content (AvgIpc) is 2.86. The van der Waals surface area contributed by atoms with Gasteiger partial charge in [-0.15, -0.1) is 0 Å². The molecular formula is C29H27F7. The average molecular weight is 509 g/mol. The van der Waals surface area contributed by atoms with E-state index in [4.69, 9.17) is 0 Å². The molecule has 3 aromatic carbocycles. The van der Waals surface area contributed by atoms with E-state index in [1.54, 1.807) is 0 Å². The van der Waals surface area contributed by atoms with E-state index < -0.39 is 63.0 Å². The van der Waals surface area contributed by atoms with E-state index in [1.165, 1.54) is 25.0 Å². The van der Waals surface area contributed by atoms with Gasteiger partial charge in [-0.2, -0.15) is 0 Å². The summed E-state index contributed by atoms with van der Waals surface area (Å²) in [5.74, 6) is -9.77. The van der Waals surface area contributed by atoms with Gasteiger partial charge in [-0.1, -0.05) is 56.9 Å². The molecule has 0 unspecified atom stereocenters. The van der Waals surface area contributed by atoms with Crippen LogP contribution in [0.4, 0.5) is 30.7 Å². The molecule has 1 aliphatic rings. The van der Waals surface area contributed by atoms with Crippen LogP contribution in [-0.4, -0.2) is 0 Å². The van der Waals surface area contributed by atoms with Gasteiger partial charge >= 0.3 is 0 Å². The lowest BCUT2D eigenvalue weighted by atomic mass is 9.76. The van der Waals surface area contributed by atoms with Crippen molar-refractivity contribution < 1.29 is 30.7 Å². The number of benzene rings is 3. The molecule has 0 aliphatic heterocycles. The molecule has 3 aromatic rings. The highest BCUT2D eigenvalue weighted by Crippen LogP contribution is 2.41. The number of halogens is 7. The number of hydrogen-bond donors (Lipinski definition) is 0. The van der Waals surface area contributed by atoms with Crippen molar-refractivity contribution in [3.63, 3.8) is 0 Å². The van der Waals surface area contributed by atoms with Gasteiger partial charge in [-0.3, -0.25) is 0 Å². The summed E-state index contributed by atoms with van der Waals surface area (Å²) in [6.07, 6.45) is 8.06. The Morgan fingerprint density at radius 1 is 0.611 bits per heavy atom. The lowest BCUT2D eigenvalue weighted by Gasteiger charge is -2.29. The van der Waals surface area contributed by atoms with Gasteiger partial charge in [0.15, 0.2) is 40.7 Å². The van der Waals surface area contributed by atoms with Gasteiger partial charge in [0.1, 0.15) is 0 Å². The molecule has 0 atom stereocenters. The van der Waals surface area contributed by atoms with Gasteiger partial charge in [0.25, 0.3) is 0 Å². The van der Waals surface area contributed by atoms with Crippen LogP contribution in [0.25, 0.3) is 22.3 Å².